The second-order valence-corrected chi connectivity index (χ2v) is 7.49. The number of rotatable bonds is 10. The maximum absolute atomic E-state index is 12.2. The van der Waals surface area contributed by atoms with Gasteiger partial charge >= 0.3 is 5.97 Å². The summed E-state index contributed by atoms with van der Waals surface area (Å²) < 4.78 is 10.5. The average Bonchev–Trinajstić information content (AvgIpc) is 2.69. The first-order valence-corrected chi connectivity index (χ1v) is 10.1. The third-order valence-electron chi connectivity index (χ3n) is 4.40. The molecule has 0 bridgehead atoms. The van der Waals surface area contributed by atoms with E-state index in [1.165, 1.54) is 11.1 Å². The normalized spacial score (nSPS) is 13.0. The Hall–Kier alpha value is -1.94. The van der Waals surface area contributed by atoms with Crippen LogP contribution in [0, 0.1) is 5.92 Å². The Labute approximate surface area is 161 Å². The Morgan fingerprint density at radius 3 is 2.35 bits per heavy atom. The third kappa shape index (κ3) is 6.41. The first-order chi connectivity index (χ1) is 12.6. The van der Waals surface area contributed by atoms with Crippen LogP contribution < -0.4 is 4.74 Å². The van der Waals surface area contributed by atoms with Crippen molar-refractivity contribution in [3.8, 4) is 5.75 Å². The Balaban J connectivity index is 1.99. The largest absolute Gasteiger partial charge is 0.497 e. The van der Waals surface area contributed by atoms with Crippen LogP contribution in [0.25, 0.3) is 0 Å². The molecule has 140 valence electrons. The number of carbonyl (C=O) groups is 1. The highest BCUT2D eigenvalue weighted by Gasteiger charge is 2.25. The highest BCUT2D eigenvalue weighted by Crippen LogP contribution is 2.29. The van der Waals surface area contributed by atoms with Gasteiger partial charge < -0.3 is 9.47 Å². The molecule has 0 heterocycles. The molecule has 3 nitrogen and oxygen atoms in total. The molecule has 2 atom stereocenters. The van der Waals surface area contributed by atoms with Gasteiger partial charge in [0, 0.05) is 11.0 Å². The highest BCUT2D eigenvalue weighted by molar-refractivity contribution is 7.99. The lowest BCUT2D eigenvalue weighted by Crippen LogP contribution is -2.26. The van der Waals surface area contributed by atoms with E-state index in [1.807, 2.05) is 43.8 Å². The molecule has 4 heteroatoms. The number of carbonyl (C=O) groups excluding carboxylic acids is 1. The summed E-state index contributed by atoms with van der Waals surface area (Å²) in [6.45, 7) is 4.26. The van der Waals surface area contributed by atoms with Crippen LogP contribution in [0.4, 0.5) is 0 Å². The molecule has 0 fully saturated rings. The van der Waals surface area contributed by atoms with Crippen LogP contribution >= 0.6 is 11.8 Å². The van der Waals surface area contributed by atoms with E-state index in [0.717, 1.165) is 24.3 Å². The number of esters is 1. The van der Waals surface area contributed by atoms with Gasteiger partial charge in [-0.2, -0.15) is 11.8 Å². The molecule has 0 amide bonds. The van der Waals surface area contributed by atoms with E-state index >= 15 is 0 Å². The molecular weight excluding hydrogens is 344 g/mol. The summed E-state index contributed by atoms with van der Waals surface area (Å²) in [6.07, 6.45) is 1.91. The number of thioether (sulfide) groups is 1. The van der Waals surface area contributed by atoms with Crippen molar-refractivity contribution in [2.24, 2.45) is 5.92 Å². The minimum Gasteiger partial charge on any atom is -0.497 e. The van der Waals surface area contributed by atoms with Gasteiger partial charge in [0.05, 0.1) is 19.6 Å². The number of aryl methyl sites for hydroxylation is 1. The number of hydrogen-bond acceptors (Lipinski definition) is 4. The fourth-order valence-electron chi connectivity index (χ4n) is 2.78. The van der Waals surface area contributed by atoms with E-state index in [4.69, 9.17) is 9.47 Å². The maximum atomic E-state index is 12.2. The van der Waals surface area contributed by atoms with E-state index in [0.29, 0.717) is 6.61 Å². The molecule has 2 rings (SSSR count). The van der Waals surface area contributed by atoms with Crippen LogP contribution in [0.2, 0.25) is 0 Å². The number of benzene rings is 2. The van der Waals surface area contributed by atoms with Crippen LogP contribution in [0.15, 0.2) is 54.6 Å². The Bertz CT molecular complexity index is 655. The monoisotopic (exact) mass is 372 g/mol. The predicted octanol–water partition coefficient (Wildman–Crippen LogP) is 5.13. The number of ether oxygens (including phenoxy) is 2. The molecule has 0 spiro atoms. The van der Waals surface area contributed by atoms with E-state index in [2.05, 4.69) is 36.4 Å². The Morgan fingerprint density at radius 1 is 1.04 bits per heavy atom. The van der Waals surface area contributed by atoms with Gasteiger partial charge in [0.25, 0.3) is 0 Å². The fraction of sp³-hybridized carbons (Fsp3) is 0.409. The molecule has 0 radical (unpaired) electrons. The first-order valence-electron chi connectivity index (χ1n) is 9.09. The molecule has 0 aliphatic rings. The lowest BCUT2D eigenvalue weighted by molar-refractivity contribution is -0.147. The van der Waals surface area contributed by atoms with Crippen LogP contribution in [0.3, 0.4) is 0 Å². The van der Waals surface area contributed by atoms with Gasteiger partial charge in [0.2, 0.25) is 0 Å². The number of methoxy groups -OCH3 is 1. The van der Waals surface area contributed by atoms with Gasteiger partial charge in [-0.05, 0) is 43.0 Å². The van der Waals surface area contributed by atoms with Crippen LogP contribution in [-0.2, 0) is 21.7 Å². The molecule has 2 aromatic rings. The van der Waals surface area contributed by atoms with Crippen molar-refractivity contribution in [3.63, 3.8) is 0 Å². The van der Waals surface area contributed by atoms with Crippen molar-refractivity contribution < 1.29 is 14.3 Å². The minimum atomic E-state index is -0.123. The maximum Gasteiger partial charge on any atom is 0.309 e. The molecule has 0 saturated heterocycles. The summed E-state index contributed by atoms with van der Waals surface area (Å²) in [5, 5.41) is 0.219. The lowest BCUT2D eigenvalue weighted by atomic mass is 10.0. The summed E-state index contributed by atoms with van der Waals surface area (Å²) in [4.78, 5) is 12.2. The van der Waals surface area contributed by atoms with Gasteiger partial charge in [-0.25, -0.2) is 0 Å². The topological polar surface area (TPSA) is 35.5 Å². The van der Waals surface area contributed by atoms with Gasteiger partial charge in [0.1, 0.15) is 5.75 Å². The molecule has 0 N–H and O–H groups in total. The second kappa shape index (κ2) is 10.9. The molecule has 2 aromatic carbocycles. The fourth-order valence-corrected chi connectivity index (χ4v) is 4.07. The van der Waals surface area contributed by atoms with Crippen molar-refractivity contribution >= 4 is 17.7 Å². The Morgan fingerprint density at radius 2 is 1.73 bits per heavy atom. The average molecular weight is 373 g/mol. The lowest BCUT2D eigenvalue weighted by Gasteiger charge is -2.22. The van der Waals surface area contributed by atoms with Gasteiger partial charge in [-0.3, -0.25) is 4.79 Å². The van der Waals surface area contributed by atoms with Crippen molar-refractivity contribution in [2.45, 2.75) is 37.7 Å². The van der Waals surface area contributed by atoms with E-state index < -0.39 is 0 Å². The first kappa shape index (κ1) is 20.4. The highest BCUT2D eigenvalue weighted by atomic mass is 32.2. The van der Waals surface area contributed by atoms with E-state index in [-0.39, 0.29) is 17.1 Å². The molecule has 0 aliphatic carbocycles. The summed E-state index contributed by atoms with van der Waals surface area (Å²) in [6, 6.07) is 18.5. The zero-order chi connectivity index (χ0) is 18.8. The smallest absolute Gasteiger partial charge is 0.309 e. The summed E-state index contributed by atoms with van der Waals surface area (Å²) in [5.74, 6) is 1.50. The van der Waals surface area contributed by atoms with Gasteiger partial charge in [0.15, 0.2) is 0 Å². The predicted molar refractivity (Wildman–Crippen MR) is 109 cm³/mol. The summed E-state index contributed by atoms with van der Waals surface area (Å²) in [5.41, 5.74) is 2.54. The zero-order valence-corrected chi connectivity index (χ0v) is 16.6. The van der Waals surface area contributed by atoms with Crippen LogP contribution in [0.1, 0.15) is 31.4 Å². The molecule has 0 saturated carbocycles. The van der Waals surface area contributed by atoms with Crippen molar-refractivity contribution in [2.75, 3.05) is 13.7 Å². The van der Waals surface area contributed by atoms with Crippen molar-refractivity contribution in [1.29, 1.82) is 0 Å². The molecule has 0 aromatic heterocycles. The minimum absolute atomic E-state index is 0.104. The summed E-state index contributed by atoms with van der Waals surface area (Å²) >= 11 is 1.83. The van der Waals surface area contributed by atoms with E-state index in [1.54, 1.807) is 7.11 Å². The van der Waals surface area contributed by atoms with Crippen molar-refractivity contribution in [3.05, 3.63) is 65.7 Å². The molecule has 26 heavy (non-hydrogen) atoms. The SMILES string of the molecule is CCOC(=O)[C@H](C)[C@H](CCc1ccccc1)SCc1ccc(OC)cc1. The van der Waals surface area contributed by atoms with Crippen molar-refractivity contribution in [1.82, 2.24) is 0 Å². The molecule has 0 unspecified atom stereocenters. The van der Waals surface area contributed by atoms with E-state index in [9.17, 15) is 4.79 Å². The van der Waals surface area contributed by atoms with Gasteiger partial charge in [-0.15, -0.1) is 0 Å². The standard InChI is InChI=1S/C22H28O3S/c1-4-25-22(23)17(2)21(15-12-18-8-6-5-7-9-18)26-16-19-10-13-20(24-3)14-11-19/h5-11,13-14,17,21H,4,12,15-16H2,1-3H3/t17-,21+/m1/s1. The van der Waals surface area contributed by atoms with Crippen LogP contribution in [0.5, 0.6) is 5.75 Å². The molecular formula is C22H28O3S. The third-order valence-corrected chi connectivity index (χ3v) is 5.97. The van der Waals surface area contributed by atoms with Crippen LogP contribution in [-0.4, -0.2) is 24.9 Å². The van der Waals surface area contributed by atoms with Gasteiger partial charge in [-0.1, -0.05) is 49.4 Å². The number of hydrogen-bond donors (Lipinski definition) is 0. The Kier molecular flexibility index (Phi) is 8.56. The quantitative estimate of drug-likeness (QED) is 0.542. The summed E-state index contributed by atoms with van der Waals surface area (Å²) in [7, 11) is 1.67. The zero-order valence-electron chi connectivity index (χ0n) is 15.8. The molecule has 0 aliphatic heterocycles. The second-order valence-electron chi connectivity index (χ2n) is 6.26.